The van der Waals surface area contributed by atoms with Crippen LogP contribution in [0.5, 0.6) is 0 Å². The van der Waals surface area contributed by atoms with Gasteiger partial charge in [-0.25, -0.2) is 0 Å². The summed E-state index contributed by atoms with van der Waals surface area (Å²) < 4.78 is 5.78. The Hall–Kier alpha value is -1.12. The average molecular weight is 483 g/mol. The molecule has 196 valence electrons. The molecule has 5 rings (SSSR count). The molecule has 3 heteroatoms. The van der Waals surface area contributed by atoms with E-state index in [-0.39, 0.29) is 39.7 Å². The molecule has 9 atom stereocenters. The van der Waals surface area contributed by atoms with Crippen LogP contribution in [0.4, 0.5) is 0 Å². The molecule has 0 radical (unpaired) electrons. The van der Waals surface area contributed by atoms with Crippen LogP contribution >= 0.6 is 0 Å². The minimum Gasteiger partial charge on any atom is -0.462 e. The minimum absolute atomic E-state index is 0.0530. The first kappa shape index (κ1) is 25.5. The highest BCUT2D eigenvalue weighted by molar-refractivity contribution is 5.95. The summed E-state index contributed by atoms with van der Waals surface area (Å²) in [5.74, 6) is 2.78. The second kappa shape index (κ2) is 7.70. The van der Waals surface area contributed by atoms with Gasteiger partial charge in [-0.15, -0.1) is 0 Å². The van der Waals surface area contributed by atoms with Gasteiger partial charge in [-0.1, -0.05) is 61.0 Å². The summed E-state index contributed by atoms with van der Waals surface area (Å²) in [6.45, 7) is 20.9. The molecule has 0 aromatic rings. The molecule has 5 aliphatic rings. The number of esters is 1. The Labute approximate surface area is 214 Å². The Kier molecular flexibility index (Phi) is 5.62. The third-order valence-corrected chi connectivity index (χ3v) is 13.2. The number of hydrogen-bond donors (Lipinski definition) is 0. The average Bonchev–Trinajstić information content (AvgIpc) is 3.10. The first-order valence-electron chi connectivity index (χ1n) is 14.6. The molecular weight excluding hydrogens is 432 g/mol. The molecule has 35 heavy (non-hydrogen) atoms. The van der Waals surface area contributed by atoms with Crippen molar-refractivity contribution in [2.45, 2.75) is 120 Å². The lowest BCUT2D eigenvalue weighted by molar-refractivity contribution is -0.184. The number of ether oxygens (including phenoxy) is 1. The summed E-state index contributed by atoms with van der Waals surface area (Å²) in [5.41, 5.74) is 1.90. The topological polar surface area (TPSA) is 43.4 Å². The Morgan fingerprint density at radius 2 is 1.60 bits per heavy atom. The van der Waals surface area contributed by atoms with Gasteiger partial charge in [0.2, 0.25) is 0 Å². The zero-order chi connectivity index (χ0) is 25.8. The van der Waals surface area contributed by atoms with Crippen molar-refractivity contribution in [3.05, 3.63) is 11.6 Å². The van der Waals surface area contributed by atoms with Crippen molar-refractivity contribution < 1.29 is 14.3 Å². The van der Waals surface area contributed by atoms with Crippen molar-refractivity contribution in [1.29, 1.82) is 0 Å². The summed E-state index contributed by atoms with van der Waals surface area (Å²) in [4.78, 5) is 25.9. The number of fused-ring (bicyclic) bond motifs is 7. The Morgan fingerprint density at radius 3 is 2.23 bits per heavy atom. The van der Waals surface area contributed by atoms with E-state index >= 15 is 0 Å². The SMILES string of the molecule is CC(=O)O[C@H]1CC[C@]2(C)[C@H]3CC[C@@]4(C)[C@@H]5CC[C@H](C(C)C)[C@@]5(C)CC[C@]4(C)C3=CC(=O)[C@H]2C1(C)C. The lowest BCUT2D eigenvalue weighted by Gasteiger charge is -2.68. The van der Waals surface area contributed by atoms with Crippen LogP contribution in [-0.4, -0.2) is 17.9 Å². The lowest BCUT2D eigenvalue weighted by Crippen LogP contribution is -2.63. The van der Waals surface area contributed by atoms with Crippen LogP contribution in [0, 0.1) is 56.7 Å². The molecule has 0 aromatic carbocycles. The Balaban J connectivity index is 1.55. The smallest absolute Gasteiger partial charge is 0.302 e. The van der Waals surface area contributed by atoms with Gasteiger partial charge in [0.05, 0.1) is 0 Å². The summed E-state index contributed by atoms with van der Waals surface area (Å²) in [6.07, 6.45) is 11.5. The number of carbonyl (C=O) groups excluding carboxylic acids is 2. The molecule has 4 saturated carbocycles. The monoisotopic (exact) mass is 482 g/mol. The predicted molar refractivity (Wildman–Crippen MR) is 141 cm³/mol. The number of hydrogen-bond acceptors (Lipinski definition) is 3. The molecule has 0 saturated heterocycles. The highest BCUT2D eigenvalue weighted by Crippen LogP contribution is 2.76. The summed E-state index contributed by atoms with van der Waals surface area (Å²) in [7, 11) is 0. The predicted octanol–water partition coefficient (Wildman–Crippen LogP) is 7.77. The van der Waals surface area contributed by atoms with E-state index in [2.05, 4.69) is 61.5 Å². The number of ketones is 1. The molecule has 0 bridgehead atoms. The van der Waals surface area contributed by atoms with Crippen molar-refractivity contribution >= 4 is 11.8 Å². The summed E-state index contributed by atoms with van der Waals surface area (Å²) in [5, 5.41) is 0. The molecule has 4 fully saturated rings. The van der Waals surface area contributed by atoms with Gasteiger partial charge in [-0.05, 0) is 103 Å². The van der Waals surface area contributed by atoms with Crippen LogP contribution in [-0.2, 0) is 14.3 Å². The molecule has 0 unspecified atom stereocenters. The number of carbonyl (C=O) groups is 2. The van der Waals surface area contributed by atoms with Crippen molar-refractivity contribution in [3.63, 3.8) is 0 Å². The van der Waals surface area contributed by atoms with Crippen molar-refractivity contribution in [2.24, 2.45) is 56.7 Å². The maximum Gasteiger partial charge on any atom is 0.302 e. The van der Waals surface area contributed by atoms with Gasteiger partial charge in [0, 0.05) is 18.3 Å². The van der Waals surface area contributed by atoms with Crippen LogP contribution in [0.15, 0.2) is 11.6 Å². The zero-order valence-electron chi connectivity index (χ0n) is 23.9. The van der Waals surface area contributed by atoms with E-state index in [4.69, 9.17) is 4.74 Å². The number of rotatable bonds is 2. The van der Waals surface area contributed by atoms with Gasteiger partial charge in [-0.3, -0.25) is 9.59 Å². The van der Waals surface area contributed by atoms with E-state index in [9.17, 15) is 9.59 Å². The highest BCUT2D eigenvalue weighted by atomic mass is 16.5. The van der Waals surface area contributed by atoms with Gasteiger partial charge in [0.25, 0.3) is 0 Å². The third kappa shape index (κ3) is 3.14. The van der Waals surface area contributed by atoms with Crippen molar-refractivity contribution in [2.75, 3.05) is 0 Å². The Bertz CT molecular complexity index is 960. The van der Waals surface area contributed by atoms with Gasteiger partial charge in [0.15, 0.2) is 5.78 Å². The normalized spacial score (nSPS) is 50.5. The van der Waals surface area contributed by atoms with E-state index in [1.54, 1.807) is 0 Å². The second-order valence-electron chi connectivity index (χ2n) is 15.2. The molecule has 3 nitrogen and oxygen atoms in total. The molecule has 0 spiro atoms. The fraction of sp³-hybridized carbons (Fsp3) is 0.875. The first-order valence-corrected chi connectivity index (χ1v) is 14.6. The van der Waals surface area contributed by atoms with E-state index in [0.717, 1.165) is 30.6 Å². The number of allylic oxidation sites excluding steroid dienone is 2. The van der Waals surface area contributed by atoms with Crippen molar-refractivity contribution in [1.82, 2.24) is 0 Å². The highest BCUT2D eigenvalue weighted by Gasteiger charge is 2.69. The van der Waals surface area contributed by atoms with Crippen LogP contribution in [0.3, 0.4) is 0 Å². The van der Waals surface area contributed by atoms with Gasteiger partial charge >= 0.3 is 5.97 Å². The molecule has 0 aromatic heterocycles. The molecule has 0 aliphatic heterocycles. The fourth-order valence-corrected chi connectivity index (χ4v) is 11.5. The van der Waals surface area contributed by atoms with Gasteiger partial charge in [-0.2, -0.15) is 0 Å². The van der Waals surface area contributed by atoms with E-state index in [1.807, 2.05) is 0 Å². The maximum absolute atomic E-state index is 14.1. The van der Waals surface area contributed by atoms with Crippen molar-refractivity contribution in [3.8, 4) is 0 Å². The molecule has 0 heterocycles. The van der Waals surface area contributed by atoms with Crippen LogP contribution in [0.1, 0.15) is 114 Å². The molecular formula is C32H50O3. The van der Waals surface area contributed by atoms with Crippen LogP contribution in [0.2, 0.25) is 0 Å². The third-order valence-electron chi connectivity index (χ3n) is 13.2. The largest absolute Gasteiger partial charge is 0.462 e. The minimum atomic E-state index is -0.347. The van der Waals surface area contributed by atoms with Gasteiger partial charge in [0.1, 0.15) is 6.10 Å². The first-order chi connectivity index (χ1) is 16.1. The lowest BCUT2D eigenvalue weighted by atomic mass is 9.35. The second-order valence-corrected chi connectivity index (χ2v) is 15.2. The fourth-order valence-electron chi connectivity index (χ4n) is 11.5. The molecule has 0 N–H and O–H groups in total. The van der Waals surface area contributed by atoms with E-state index < -0.39 is 0 Å². The zero-order valence-corrected chi connectivity index (χ0v) is 23.9. The summed E-state index contributed by atoms with van der Waals surface area (Å²) >= 11 is 0. The van der Waals surface area contributed by atoms with E-state index in [1.165, 1.54) is 51.0 Å². The van der Waals surface area contributed by atoms with Crippen LogP contribution in [0.25, 0.3) is 0 Å². The van der Waals surface area contributed by atoms with E-state index in [0.29, 0.717) is 17.1 Å². The summed E-state index contributed by atoms with van der Waals surface area (Å²) in [6, 6.07) is 0. The standard InChI is InChI=1S/C32H50O3/c1-19(2)21-10-11-25-29(21,6)16-17-31(8)23-18-24(34)27-28(4,5)26(35-20(3)33)13-14-30(27,7)22(23)12-15-32(25,31)9/h18-19,21-22,25-27H,10-17H2,1-9H3/t21-,22+,25-,26+,27+,29-,30-,31-,32+/m1/s1. The maximum atomic E-state index is 14.1. The van der Waals surface area contributed by atoms with Crippen LogP contribution < -0.4 is 0 Å². The molecule has 0 amide bonds. The Morgan fingerprint density at radius 1 is 0.914 bits per heavy atom. The van der Waals surface area contributed by atoms with Gasteiger partial charge < -0.3 is 4.74 Å². The quantitative estimate of drug-likeness (QED) is 0.377. The molecule has 5 aliphatic carbocycles.